The minimum Gasteiger partial charge on any atom is -0.266 e. The van der Waals surface area contributed by atoms with Crippen LogP contribution in [-0.4, -0.2) is 6.72 Å². The van der Waals surface area contributed by atoms with E-state index in [0.717, 1.165) is 0 Å². The Morgan fingerprint density at radius 3 is 2.22 bits per heavy atom. The molecule has 0 saturated carbocycles. The second-order valence-corrected chi connectivity index (χ2v) is 1.92. The molecule has 0 unspecified atom stereocenters. The number of nitrogens with zero attached hydrogens (tertiary/aromatic N) is 1. The molecule has 0 fully saturated rings. The fourth-order valence-corrected chi connectivity index (χ4v) is 0.402. The van der Waals surface area contributed by atoms with Gasteiger partial charge in [-0.05, 0) is 13.6 Å². The molecule has 3 heteroatoms. The normalized spacial score (nSPS) is 12.3. The van der Waals surface area contributed by atoms with Gasteiger partial charge in [-0.2, -0.15) is 0 Å². The maximum atomic E-state index is 12.4. The highest BCUT2D eigenvalue weighted by atomic mass is 35.5. The van der Waals surface area contributed by atoms with Crippen molar-refractivity contribution in [1.29, 1.82) is 0 Å². The van der Waals surface area contributed by atoms with Gasteiger partial charge < -0.3 is 0 Å². The topological polar surface area (TPSA) is 12.4 Å². The number of allylic oxidation sites excluding steroid dienone is 3. The molecule has 1 nitrogen and oxygen atoms in total. The van der Waals surface area contributed by atoms with Gasteiger partial charge in [-0.25, -0.2) is 4.39 Å². The zero-order valence-corrected chi connectivity index (χ0v) is 5.87. The molecule has 0 atom stereocenters. The van der Waals surface area contributed by atoms with Gasteiger partial charge >= 0.3 is 0 Å². The molecule has 0 amide bonds. The van der Waals surface area contributed by atoms with Crippen molar-refractivity contribution in [2.45, 2.75) is 6.92 Å². The molecule has 0 aliphatic carbocycles. The zero-order chi connectivity index (χ0) is 7.44. The Morgan fingerprint density at radius 1 is 1.67 bits per heavy atom. The average molecular weight is 148 g/mol. The number of rotatable bonds is 2. The summed E-state index contributed by atoms with van der Waals surface area (Å²) >= 11 is 5.19. The van der Waals surface area contributed by atoms with Crippen molar-refractivity contribution < 1.29 is 4.39 Å². The first kappa shape index (κ1) is 8.37. The summed E-state index contributed by atoms with van der Waals surface area (Å²) in [5.74, 6) is -0.605. The number of halogens is 2. The Bertz CT molecular complexity index is 172. The van der Waals surface area contributed by atoms with Gasteiger partial charge in [0.15, 0.2) is 5.83 Å². The predicted octanol–water partition coefficient (Wildman–Crippen LogP) is 2.64. The van der Waals surface area contributed by atoms with Gasteiger partial charge in [0.2, 0.25) is 0 Å². The van der Waals surface area contributed by atoms with Crippen molar-refractivity contribution >= 4 is 18.3 Å². The van der Waals surface area contributed by atoms with Crippen molar-refractivity contribution in [3.8, 4) is 0 Å². The molecule has 0 saturated heterocycles. The smallest absolute Gasteiger partial charge is 0.162 e. The summed E-state index contributed by atoms with van der Waals surface area (Å²) in [5.41, 5.74) is 0.162. The van der Waals surface area contributed by atoms with Gasteiger partial charge in [0, 0.05) is 0 Å². The first-order valence-electron chi connectivity index (χ1n) is 2.27. The average Bonchev–Trinajstić information content (AvgIpc) is 1.84. The fraction of sp³-hybridized carbons (Fsp3) is 0.167. The van der Waals surface area contributed by atoms with Crippen LogP contribution in [0.4, 0.5) is 4.39 Å². The molecule has 0 rings (SSSR count). The van der Waals surface area contributed by atoms with E-state index in [-0.39, 0.29) is 10.7 Å². The molecule has 0 aromatic heterocycles. The standard InChI is InChI=1S/C6H7ClFN/c1-4(7)6(8)5(2)9-3/h1,3H2,2H3/b6-5+. The minimum atomic E-state index is -0.605. The van der Waals surface area contributed by atoms with Gasteiger partial charge in [0.05, 0.1) is 10.7 Å². The highest BCUT2D eigenvalue weighted by Gasteiger charge is 2.00. The molecule has 0 aliphatic heterocycles. The van der Waals surface area contributed by atoms with Gasteiger partial charge in [-0.15, -0.1) is 0 Å². The summed E-state index contributed by atoms with van der Waals surface area (Å²) in [5, 5.41) is -0.139. The molecule has 0 radical (unpaired) electrons. The third kappa shape index (κ3) is 2.42. The van der Waals surface area contributed by atoms with Crippen LogP contribution in [0.2, 0.25) is 0 Å². The first-order chi connectivity index (χ1) is 4.09. The maximum absolute atomic E-state index is 12.4. The first-order valence-corrected chi connectivity index (χ1v) is 2.65. The lowest BCUT2D eigenvalue weighted by atomic mass is 10.4. The van der Waals surface area contributed by atoms with E-state index in [1.165, 1.54) is 6.92 Å². The Morgan fingerprint density at radius 2 is 2.11 bits per heavy atom. The Kier molecular flexibility index (Phi) is 3.17. The Hall–Kier alpha value is -0.630. The maximum Gasteiger partial charge on any atom is 0.162 e. The number of aliphatic imine (C=N–C) groups is 1. The highest BCUT2D eigenvalue weighted by molar-refractivity contribution is 6.31. The van der Waals surface area contributed by atoms with Gasteiger partial charge in [-0.1, -0.05) is 18.2 Å². The lowest BCUT2D eigenvalue weighted by molar-refractivity contribution is 0.649. The van der Waals surface area contributed by atoms with Crippen molar-refractivity contribution in [3.63, 3.8) is 0 Å². The molecule has 0 aromatic rings. The largest absolute Gasteiger partial charge is 0.266 e. The predicted molar refractivity (Wildman–Crippen MR) is 38.4 cm³/mol. The second-order valence-electron chi connectivity index (χ2n) is 1.46. The third-order valence-electron chi connectivity index (χ3n) is 0.793. The molecule has 0 aromatic carbocycles. The van der Waals surface area contributed by atoms with Gasteiger partial charge in [0.25, 0.3) is 0 Å². The minimum absolute atomic E-state index is 0.139. The Labute approximate surface area is 58.5 Å². The van der Waals surface area contributed by atoms with E-state index in [4.69, 9.17) is 11.6 Å². The molecule has 0 N–H and O–H groups in total. The molecule has 0 heterocycles. The van der Waals surface area contributed by atoms with Crippen molar-refractivity contribution in [2.75, 3.05) is 0 Å². The number of hydrogen-bond acceptors (Lipinski definition) is 1. The third-order valence-corrected chi connectivity index (χ3v) is 0.959. The van der Waals surface area contributed by atoms with Crippen LogP contribution in [0.1, 0.15) is 6.92 Å². The molecule has 50 valence electrons. The molecular weight excluding hydrogens is 141 g/mol. The summed E-state index contributed by atoms with van der Waals surface area (Å²) in [6.45, 7) is 7.75. The summed E-state index contributed by atoms with van der Waals surface area (Å²) in [7, 11) is 0. The summed E-state index contributed by atoms with van der Waals surface area (Å²) in [6, 6.07) is 0. The lowest BCUT2D eigenvalue weighted by Gasteiger charge is -1.92. The monoisotopic (exact) mass is 147 g/mol. The van der Waals surface area contributed by atoms with E-state index in [9.17, 15) is 4.39 Å². The highest BCUT2D eigenvalue weighted by Crippen LogP contribution is 2.17. The molecule has 9 heavy (non-hydrogen) atoms. The van der Waals surface area contributed by atoms with Gasteiger partial charge in [0.1, 0.15) is 0 Å². The van der Waals surface area contributed by atoms with Crippen LogP contribution in [0.15, 0.2) is 28.1 Å². The molecular formula is C6H7ClFN. The van der Waals surface area contributed by atoms with E-state index in [2.05, 4.69) is 18.3 Å². The van der Waals surface area contributed by atoms with Crippen LogP contribution in [0, 0.1) is 0 Å². The van der Waals surface area contributed by atoms with Crippen LogP contribution < -0.4 is 0 Å². The molecule has 0 spiro atoms. The summed E-state index contributed by atoms with van der Waals surface area (Å²) < 4.78 is 12.4. The van der Waals surface area contributed by atoms with Crippen molar-refractivity contribution in [1.82, 2.24) is 0 Å². The Balaban J connectivity index is 4.47. The fourth-order valence-electron chi connectivity index (χ4n) is 0.266. The van der Waals surface area contributed by atoms with E-state index in [0.29, 0.717) is 0 Å². The van der Waals surface area contributed by atoms with E-state index in [1.807, 2.05) is 0 Å². The molecule has 0 aliphatic rings. The van der Waals surface area contributed by atoms with Crippen LogP contribution in [0.25, 0.3) is 0 Å². The van der Waals surface area contributed by atoms with E-state index in [1.54, 1.807) is 0 Å². The van der Waals surface area contributed by atoms with E-state index < -0.39 is 5.83 Å². The van der Waals surface area contributed by atoms with Crippen LogP contribution in [0.3, 0.4) is 0 Å². The number of hydrogen-bond donors (Lipinski definition) is 0. The van der Waals surface area contributed by atoms with Crippen LogP contribution in [0.5, 0.6) is 0 Å². The summed E-state index contributed by atoms with van der Waals surface area (Å²) in [4.78, 5) is 3.32. The summed E-state index contributed by atoms with van der Waals surface area (Å²) in [6.07, 6.45) is 0. The second kappa shape index (κ2) is 3.41. The van der Waals surface area contributed by atoms with Crippen LogP contribution in [-0.2, 0) is 0 Å². The van der Waals surface area contributed by atoms with Crippen LogP contribution >= 0.6 is 11.6 Å². The lowest BCUT2D eigenvalue weighted by Crippen LogP contribution is -1.76. The van der Waals surface area contributed by atoms with Gasteiger partial charge in [-0.3, -0.25) is 4.99 Å². The molecule has 0 bridgehead atoms. The zero-order valence-electron chi connectivity index (χ0n) is 5.12. The SMILES string of the molecule is C=N/C(C)=C(/F)C(=C)Cl. The van der Waals surface area contributed by atoms with Crippen molar-refractivity contribution in [2.24, 2.45) is 4.99 Å². The van der Waals surface area contributed by atoms with Crippen molar-refractivity contribution in [3.05, 3.63) is 23.1 Å². The quantitative estimate of drug-likeness (QED) is 0.421. The van der Waals surface area contributed by atoms with E-state index >= 15 is 0 Å².